The summed E-state index contributed by atoms with van der Waals surface area (Å²) in [6.45, 7) is 3.15. The van der Waals surface area contributed by atoms with Crippen LogP contribution in [0.1, 0.15) is 29.3 Å². The van der Waals surface area contributed by atoms with Crippen molar-refractivity contribution in [2.45, 2.75) is 13.2 Å². The third-order valence-electron chi connectivity index (χ3n) is 2.75. The van der Waals surface area contributed by atoms with Crippen LogP contribution in [0.4, 0.5) is 0 Å². The van der Waals surface area contributed by atoms with Crippen LogP contribution in [0.25, 0.3) is 5.65 Å². The molecule has 0 spiro atoms. The lowest BCUT2D eigenvalue weighted by Gasteiger charge is -2.08. The number of carbonyl (C=O) groups is 1. The van der Waals surface area contributed by atoms with E-state index < -0.39 is 12.3 Å². The molecule has 0 N–H and O–H groups in total. The van der Waals surface area contributed by atoms with Gasteiger partial charge >= 0.3 is 5.97 Å². The van der Waals surface area contributed by atoms with E-state index in [0.717, 1.165) is 0 Å². The Balaban J connectivity index is 2.00. The van der Waals surface area contributed by atoms with Crippen molar-refractivity contribution in [1.29, 1.82) is 0 Å². The number of nitrogens with zero attached hydrogens (tertiary/aromatic N) is 3. The van der Waals surface area contributed by atoms with Gasteiger partial charge in [-0.25, -0.2) is 14.3 Å². The van der Waals surface area contributed by atoms with E-state index >= 15 is 0 Å². The van der Waals surface area contributed by atoms with Gasteiger partial charge in [-0.1, -0.05) is 0 Å². The fourth-order valence-electron chi connectivity index (χ4n) is 1.90. The zero-order chi connectivity index (χ0) is 13.2. The number of aromatic nitrogens is 3. The number of rotatable bonds is 3. The topological polar surface area (TPSA) is 75.0 Å². The molecular formula is C12H13N3O4. The van der Waals surface area contributed by atoms with E-state index in [-0.39, 0.29) is 0 Å². The molecule has 100 valence electrons. The Hall–Kier alpha value is -1.99. The molecule has 0 aliphatic carbocycles. The largest absolute Gasteiger partial charge is 0.462 e. The van der Waals surface area contributed by atoms with Crippen molar-refractivity contribution < 1.29 is 19.0 Å². The number of esters is 1. The Bertz CT molecular complexity index is 604. The summed E-state index contributed by atoms with van der Waals surface area (Å²) in [5.41, 5.74) is 1.40. The molecule has 7 heteroatoms. The Morgan fingerprint density at radius 3 is 3.05 bits per heavy atom. The quantitative estimate of drug-likeness (QED) is 0.767. The molecule has 0 amide bonds. The smallest absolute Gasteiger partial charge is 0.343 e. The van der Waals surface area contributed by atoms with E-state index in [1.807, 2.05) is 0 Å². The van der Waals surface area contributed by atoms with Crippen molar-refractivity contribution in [1.82, 2.24) is 14.6 Å². The second-order valence-corrected chi connectivity index (χ2v) is 3.97. The third kappa shape index (κ3) is 2.18. The van der Waals surface area contributed by atoms with Crippen LogP contribution in [0, 0.1) is 0 Å². The molecule has 0 radical (unpaired) electrons. The first-order valence-electron chi connectivity index (χ1n) is 6.04. The fourth-order valence-corrected chi connectivity index (χ4v) is 1.90. The van der Waals surface area contributed by atoms with Gasteiger partial charge in [-0.2, -0.15) is 5.10 Å². The second-order valence-electron chi connectivity index (χ2n) is 3.97. The molecule has 7 nitrogen and oxygen atoms in total. The molecule has 1 fully saturated rings. The Morgan fingerprint density at radius 2 is 2.32 bits per heavy atom. The van der Waals surface area contributed by atoms with Gasteiger partial charge in [-0.3, -0.25) is 0 Å². The highest BCUT2D eigenvalue weighted by atomic mass is 16.7. The summed E-state index contributed by atoms with van der Waals surface area (Å²) in [7, 11) is 0. The summed E-state index contributed by atoms with van der Waals surface area (Å²) in [4.78, 5) is 16.1. The number of carbonyl (C=O) groups excluding carboxylic acids is 1. The zero-order valence-corrected chi connectivity index (χ0v) is 10.4. The standard InChI is InChI=1S/C12H13N3O4/c1-2-17-11(16)8-7-13-15-4-3-9(14-10(8)15)12-18-5-6-19-12/h3-4,7,12H,2,5-6H2,1H3. The summed E-state index contributed by atoms with van der Waals surface area (Å²) >= 11 is 0. The Kier molecular flexibility index (Phi) is 3.14. The van der Waals surface area contributed by atoms with Crippen molar-refractivity contribution in [3.8, 4) is 0 Å². The maximum atomic E-state index is 11.8. The predicted molar refractivity (Wildman–Crippen MR) is 63.6 cm³/mol. The fraction of sp³-hybridized carbons (Fsp3) is 0.417. The van der Waals surface area contributed by atoms with Gasteiger partial charge in [0.25, 0.3) is 0 Å². The summed E-state index contributed by atoms with van der Waals surface area (Å²) in [6.07, 6.45) is 2.68. The van der Waals surface area contributed by atoms with Crippen LogP contribution in [0.3, 0.4) is 0 Å². The molecule has 2 aromatic rings. The maximum absolute atomic E-state index is 11.8. The third-order valence-corrected chi connectivity index (χ3v) is 2.75. The molecule has 0 atom stereocenters. The maximum Gasteiger partial charge on any atom is 0.343 e. The Morgan fingerprint density at radius 1 is 1.53 bits per heavy atom. The minimum absolute atomic E-state index is 0.310. The first kappa shape index (κ1) is 12.1. The van der Waals surface area contributed by atoms with Crippen molar-refractivity contribution in [3.63, 3.8) is 0 Å². The predicted octanol–water partition coefficient (Wildman–Crippen LogP) is 0.951. The van der Waals surface area contributed by atoms with Gasteiger partial charge in [-0.15, -0.1) is 0 Å². The van der Waals surface area contributed by atoms with Gasteiger partial charge in [0.15, 0.2) is 5.65 Å². The highest BCUT2D eigenvalue weighted by Gasteiger charge is 2.22. The second kappa shape index (κ2) is 4.94. The van der Waals surface area contributed by atoms with Crippen molar-refractivity contribution in [2.24, 2.45) is 0 Å². The van der Waals surface area contributed by atoms with Gasteiger partial charge < -0.3 is 14.2 Å². The zero-order valence-electron chi connectivity index (χ0n) is 10.4. The van der Waals surface area contributed by atoms with Gasteiger partial charge in [-0.05, 0) is 13.0 Å². The van der Waals surface area contributed by atoms with E-state index in [4.69, 9.17) is 14.2 Å². The Labute approximate surface area is 109 Å². The molecule has 0 unspecified atom stereocenters. The van der Waals surface area contributed by atoms with Crippen LogP contribution >= 0.6 is 0 Å². The van der Waals surface area contributed by atoms with E-state index in [2.05, 4.69) is 10.1 Å². The van der Waals surface area contributed by atoms with Crippen LogP contribution in [0.15, 0.2) is 18.5 Å². The first-order chi connectivity index (χ1) is 9.29. The number of hydrogen-bond donors (Lipinski definition) is 0. The summed E-state index contributed by atoms with van der Waals surface area (Å²) < 4.78 is 17.2. The first-order valence-corrected chi connectivity index (χ1v) is 6.04. The minimum Gasteiger partial charge on any atom is -0.462 e. The average Bonchev–Trinajstić information content (AvgIpc) is 3.07. The molecule has 2 aromatic heterocycles. The summed E-state index contributed by atoms with van der Waals surface area (Å²) in [5.74, 6) is -0.435. The molecule has 3 heterocycles. The van der Waals surface area contributed by atoms with Gasteiger partial charge in [0.2, 0.25) is 6.29 Å². The van der Waals surface area contributed by atoms with Gasteiger partial charge in [0.1, 0.15) is 11.3 Å². The van der Waals surface area contributed by atoms with E-state index in [1.165, 1.54) is 10.7 Å². The van der Waals surface area contributed by atoms with Crippen LogP contribution in [0.2, 0.25) is 0 Å². The number of hydrogen-bond acceptors (Lipinski definition) is 6. The highest BCUT2D eigenvalue weighted by molar-refractivity contribution is 5.95. The minimum atomic E-state index is -0.477. The molecule has 1 aliphatic rings. The lowest BCUT2D eigenvalue weighted by molar-refractivity contribution is -0.0472. The summed E-state index contributed by atoms with van der Waals surface area (Å²) in [5, 5.41) is 4.06. The van der Waals surface area contributed by atoms with E-state index in [9.17, 15) is 4.79 Å². The molecule has 0 saturated carbocycles. The molecule has 19 heavy (non-hydrogen) atoms. The molecule has 0 aromatic carbocycles. The molecule has 1 aliphatic heterocycles. The van der Waals surface area contributed by atoms with Crippen LogP contribution in [0.5, 0.6) is 0 Å². The van der Waals surface area contributed by atoms with Crippen molar-refractivity contribution in [3.05, 3.63) is 29.7 Å². The average molecular weight is 263 g/mol. The van der Waals surface area contributed by atoms with Crippen LogP contribution < -0.4 is 0 Å². The van der Waals surface area contributed by atoms with Crippen LogP contribution in [-0.4, -0.2) is 40.4 Å². The lowest BCUT2D eigenvalue weighted by Crippen LogP contribution is -2.07. The summed E-state index contributed by atoms with van der Waals surface area (Å²) in [6, 6.07) is 1.75. The van der Waals surface area contributed by atoms with E-state index in [0.29, 0.717) is 36.7 Å². The normalized spacial score (nSPS) is 16.1. The SMILES string of the molecule is CCOC(=O)c1cnn2ccc(C3OCCO3)nc12. The van der Waals surface area contributed by atoms with Crippen molar-refractivity contribution >= 4 is 11.6 Å². The number of fused-ring (bicyclic) bond motifs is 1. The highest BCUT2D eigenvalue weighted by Crippen LogP contribution is 2.22. The molecule has 0 bridgehead atoms. The molecule has 3 rings (SSSR count). The molecule has 1 saturated heterocycles. The lowest BCUT2D eigenvalue weighted by atomic mass is 10.3. The van der Waals surface area contributed by atoms with E-state index in [1.54, 1.807) is 19.2 Å². The number of ether oxygens (including phenoxy) is 3. The van der Waals surface area contributed by atoms with Gasteiger partial charge in [0, 0.05) is 6.20 Å². The van der Waals surface area contributed by atoms with Crippen LogP contribution in [-0.2, 0) is 14.2 Å². The van der Waals surface area contributed by atoms with Crippen molar-refractivity contribution in [2.75, 3.05) is 19.8 Å². The van der Waals surface area contributed by atoms with Gasteiger partial charge in [0.05, 0.1) is 26.0 Å². The molecular weight excluding hydrogens is 250 g/mol. The monoisotopic (exact) mass is 263 g/mol.